The van der Waals surface area contributed by atoms with Gasteiger partial charge in [-0.2, -0.15) is 0 Å². The average molecular weight is 1100 g/mol. The highest BCUT2D eigenvalue weighted by molar-refractivity contribution is 5.90. The molecule has 0 N–H and O–H groups in total. The molecule has 0 aromatic heterocycles. The van der Waals surface area contributed by atoms with E-state index >= 15 is 0 Å². The van der Waals surface area contributed by atoms with Gasteiger partial charge in [0, 0.05) is 106 Å². The van der Waals surface area contributed by atoms with Crippen LogP contribution in [0, 0.1) is 38.5 Å². The number of likely N-dealkylation sites (tertiary alicyclic amines) is 3. The minimum absolute atomic E-state index is 0.164. The van der Waals surface area contributed by atoms with Gasteiger partial charge in [-0.25, -0.2) is 4.79 Å². The van der Waals surface area contributed by atoms with Crippen molar-refractivity contribution in [2.75, 3.05) is 67.6 Å². The summed E-state index contributed by atoms with van der Waals surface area (Å²) < 4.78 is 42.6. The number of ether oxygens (including phenoxy) is 7. The van der Waals surface area contributed by atoms with Gasteiger partial charge in [0.05, 0.1) is 81.8 Å². The number of benzene rings is 3. The summed E-state index contributed by atoms with van der Waals surface area (Å²) in [7, 11) is 6.60. The summed E-state index contributed by atoms with van der Waals surface area (Å²) in [5.41, 5.74) is 10.8. The van der Waals surface area contributed by atoms with Crippen LogP contribution in [0.2, 0.25) is 0 Å². The minimum Gasteiger partial charge on any atom is -0.481 e. The maximum atomic E-state index is 12.9. The molecule has 80 heavy (non-hydrogen) atoms. The minimum atomic E-state index is -0.600. The third-order valence-electron chi connectivity index (χ3n) is 22.9. The van der Waals surface area contributed by atoms with E-state index in [0.29, 0.717) is 86.4 Å². The molecule has 16 heteroatoms. The van der Waals surface area contributed by atoms with Crippen LogP contribution >= 0.6 is 0 Å². The van der Waals surface area contributed by atoms with Gasteiger partial charge in [0.25, 0.3) is 0 Å². The van der Waals surface area contributed by atoms with Crippen molar-refractivity contribution in [1.29, 1.82) is 0 Å². The predicted octanol–water partition coefficient (Wildman–Crippen LogP) is 7.42. The summed E-state index contributed by atoms with van der Waals surface area (Å²) in [6, 6.07) is 14.1. The number of ketones is 3. The molecule has 6 fully saturated rings. The number of hydrogen-bond donors (Lipinski definition) is 0. The van der Waals surface area contributed by atoms with E-state index in [-0.39, 0.29) is 63.8 Å². The molecule has 6 heterocycles. The molecule has 6 bridgehead atoms. The second-order valence-electron chi connectivity index (χ2n) is 26.8. The number of carbonyl (C=O) groups excluding carboxylic acids is 6. The molecule has 3 aromatic carbocycles. The van der Waals surface area contributed by atoms with E-state index < -0.39 is 6.16 Å². The van der Waals surface area contributed by atoms with E-state index in [0.717, 1.165) is 120 Å². The molecule has 6 aliphatic heterocycles. The smallest absolute Gasteiger partial charge is 0.481 e. The quantitative estimate of drug-likeness (QED) is 0.131. The van der Waals surface area contributed by atoms with Crippen LogP contribution in [0.5, 0.6) is 17.2 Å². The highest BCUT2D eigenvalue weighted by Crippen LogP contribution is 2.66. The molecule has 16 nitrogen and oxygen atoms in total. The van der Waals surface area contributed by atoms with Crippen molar-refractivity contribution in [3.63, 3.8) is 0 Å². The van der Waals surface area contributed by atoms with Gasteiger partial charge in [-0.3, -0.25) is 37.4 Å². The number of esters is 2. The molecule has 3 unspecified atom stereocenters. The normalized spacial score (nSPS) is 38.5. The van der Waals surface area contributed by atoms with Crippen LogP contribution in [-0.2, 0) is 78.4 Å². The fourth-order valence-corrected chi connectivity index (χ4v) is 19.1. The first-order chi connectivity index (χ1) is 38.1. The van der Waals surface area contributed by atoms with Crippen molar-refractivity contribution in [3.05, 3.63) is 86.5 Å². The number of likely N-dealkylation sites (N-methyl/N-ethyl adjacent to an activating group) is 3. The average Bonchev–Trinajstić information content (AvgIpc) is 4.14. The van der Waals surface area contributed by atoms with Gasteiger partial charge in [0.2, 0.25) is 20.2 Å². The molecule has 3 saturated carbocycles. The largest absolute Gasteiger partial charge is 0.512 e. The van der Waals surface area contributed by atoms with Gasteiger partial charge in [-0.15, -0.1) is 0 Å². The van der Waals surface area contributed by atoms with Gasteiger partial charge < -0.3 is 33.2 Å². The molecule has 6 aliphatic carbocycles. The zero-order valence-corrected chi connectivity index (χ0v) is 48.2. The monoisotopic (exact) mass is 1100 g/mol. The van der Waals surface area contributed by atoms with Crippen molar-refractivity contribution in [1.82, 2.24) is 0 Å². The Morgan fingerprint density at radius 3 is 1.11 bits per heavy atom. The molecule has 3 saturated heterocycles. The number of carbonyl (C=O) groups is 6. The predicted molar refractivity (Wildman–Crippen MR) is 291 cm³/mol. The maximum Gasteiger partial charge on any atom is 0.512 e. The standard InChI is InChI=1S/C22H28NO5.2C21H26NO4/c1-4-26-21(25)27-12-23(3)10-9-22-15-7-8-17(24)20(22)28-19-13(2)5-6-14(18(19)22)11-16(15)23;2*1-12-4-5-14-10-16-15-6-7-17(24)20-21(15,18(14)19(12)26-20)8-9-22(16,3)11-25-13(2)23/h5-6,15-16,20H,4,7-12H2,1-3H3;2*4-5,15-16,20H,6-11H2,1-3H3/q3*+1/t15-,16?,20-,22-,23-;15-,16?,20-,21-,22+;15-,16?,20-,21-,22-/m000/s1. The third-order valence-corrected chi connectivity index (χ3v) is 22.9. The highest BCUT2D eigenvalue weighted by atomic mass is 16.7. The van der Waals surface area contributed by atoms with Crippen LogP contribution in [0.4, 0.5) is 4.79 Å². The zero-order valence-electron chi connectivity index (χ0n) is 48.2. The third kappa shape index (κ3) is 7.40. The van der Waals surface area contributed by atoms with E-state index in [4.69, 9.17) is 33.2 Å². The Morgan fingerprint density at radius 2 is 0.812 bits per heavy atom. The SMILES string of the molecule is CC(=O)OC[N@+]1(C)CC[C@]23c4c5ccc(C)c4O[C@H]2C(=O)CC[C@H]3C1C5.CC(=O)OC[N@@+]1(C)CC[C@]23c4c5ccc(C)c4O[C@H]2C(=O)CC[C@H]3C1C5.CCOC(=O)OC[N@+]1(C)CC[C@]23c4c5ccc(C)c4O[C@H]2C(=O)CC[C@H]3C1C5. The fraction of sp³-hybridized carbons (Fsp3) is 0.625. The number of aryl methyl sites for hydroxylation is 3. The highest BCUT2D eigenvalue weighted by Gasteiger charge is 2.72. The van der Waals surface area contributed by atoms with Crippen molar-refractivity contribution >= 4 is 35.4 Å². The first-order valence-electron chi connectivity index (χ1n) is 29.7. The van der Waals surface area contributed by atoms with Gasteiger partial charge in [0.15, 0.2) is 35.7 Å². The van der Waals surface area contributed by atoms with Gasteiger partial charge >= 0.3 is 18.1 Å². The summed E-state index contributed by atoms with van der Waals surface area (Å²) in [6.45, 7) is 15.1. The van der Waals surface area contributed by atoms with Crippen LogP contribution < -0.4 is 14.2 Å². The lowest BCUT2D eigenvalue weighted by Gasteiger charge is -2.59. The van der Waals surface area contributed by atoms with Crippen LogP contribution in [0.1, 0.15) is 129 Å². The van der Waals surface area contributed by atoms with Crippen molar-refractivity contribution < 1.29 is 75.4 Å². The Balaban J connectivity index is 0.000000113. The number of quaternary nitrogens is 3. The second kappa shape index (κ2) is 18.6. The molecule has 3 spiro atoms. The van der Waals surface area contributed by atoms with Crippen molar-refractivity contribution in [2.45, 2.75) is 171 Å². The number of hydrogen-bond acceptors (Lipinski definition) is 13. The van der Waals surface area contributed by atoms with Crippen molar-refractivity contribution in [2.24, 2.45) is 17.8 Å². The Kier molecular flexibility index (Phi) is 12.4. The Hall–Kier alpha value is -5.84. The number of Topliss-reactive ketones (excluding diaryl/α,β-unsaturated/α-hetero) is 3. The number of rotatable bonds is 7. The van der Waals surface area contributed by atoms with Crippen LogP contribution in [0.15, 0.2) is 36.4 Å². The van der Waals surface area contributed by atoms with E-state index in [2.05, 4.69) is 78.3 Å². The van der Waals surface area contributed by atoms with Gasteiger partial charge in [-0.05, 0) is 80.3 Å². The van der Waals surface area contributed by atoms with Crippen molar-refractivity contribution in [3.8, 4) is 17.2 Å². The summed E-state index contributed by atoms with van der Waals surface area (Å²) in [6.07, 6.45) is 8.53. The second-order valence-corrected chi connectivity index (χ2v) is 26.8. The molecule has 0 radical (unpaired) electrons. The molecular formula is C64H80N3O13+3. The Labute approximate surface area is 469 Å². The first-order valence-corrected chi connectivity index (χ1v) is 29.7. The van der Waals surface area contributed by atoms with Gasteiger partial charge in [-0.1, -0.05) is 36.4 Å². The molecule has 3 aromatic rings. The van der Waals surface area contributed by atoms with Crippen LogP contribution in [0.25, 0.3) is 0 Å². The number of nitrogens with zero attached hydrogens (tertiary/aromatic N) is 3. The Morgan fingerprint density at radius 1 is 0.500 bits per heavy atom. The lowest BCUT2D eigenvalue weighted by molar-refractivity contribution is -0.959. The molecular weight excluding hydrogens is 1020 g/mol. The summed E-state index contributed by atoms with van der Waals surface area (Å²) in [5, 5.41) is 0. The molecule has 0 amide bonds. The lowest BCUT2D eigenvalue weighted by Crippen LogP contribution is -2.72. The maximum absolute atomic E-state index is 12.9. The summed E-state index contributed by atoms with van der Waals surface area (Å²) >= 11 is 0. The van der Waals surface area contributed by atoms with Crippen LogP contribution in [0.3, 0.4) is 0 Å². The van der Waals surface area contributed by atoms with Crippen LogP contribution in [-0.4, -0.2) is 153 Å². The molecule has 426 valence electrons. The summed E-state index contributed by atoms with van der Waals surface area (Å²) in [5.74, 6) is 4.43. The molecule has 15 atom stereocenters. The van der Waals surface area contributed by atoms with E-state index in [9.17, 15) is 28.8 Å². The fourth-order valence-electron chi connectivity index (χ4n) is 19.1. The Bertz CT molecular complexity index is 3060. The first kappa shape index (κ1) is 53.5. The number of piperidine rings is 3. The van der Waals surface area contributed by atoms with E-state index in [1.165, 1.54) is 47.2 Å². The zero-order chi connectivity index (χ0) is 56.2. The molecule has 15 rings (SSSR count). The van der Waals surface area contributed by atoms with Gasteiger partial charge in [0.1, 0.15) is 17.2 Å². The molecule has 12 aliphatic rings. The summed E-state index contributed by atoms with van der Waals surface area (Å²) in [4.78, 5) is 73.1. The van der Waals surface area contributed by atoms with E-state index in [1.54, 1.807) is 6.92 Å². The lowest BCUT2D eigenvalue weighted by atomic mass is 9.51. The topological polar surface area (TPSA) is 167 Å². The van der Waals surface area contributed by atoms with E-state index in [1.807, 2.05) is 0 Å².